The molecule has 2 atom stereocenters. The molecule has 0 aromatic carbocycles. The molecule has 0 spiro atoms. The van der Waals surface area contributed by atoms with Crippen LogP contribution in [-0.2, 0) is 7.05 Å². The summed E-state index contributed by atoms with van der Waals surface area (Å²) < 4.78 is 7.51. The molecule has 2 saturated carbocycles. The minimum Gasteiger partial charge on any atom is -0.493 e. The van der Waals surface area contributed by atoms with E-state index in [-0.39, 0.29) is 0 Å². The van der Waals surface area contributed by atoms with Gasteiger partial charge in [-0.05, 0) is 38.1 Å². The van der Waals surface area contributed by atoms with Crippen LogP contribution in [0.1, 0.15) is 50.1 Å². The third kappa shape index (κ3) is 2.78. The molecule has 2 fully saturated rings. The first kappa shape index (κ1) is 13.0. The molecule has 106 valence electrons. The van der Waals surface area contributed by atoms with Gasteiger partial charge in [-0.2, -0.15) is 5.10 Å². The maximum atomic E-state index is 5.50. The minimum absolute atomic E-state index is 0.599. The van der Waals surface area contributed by atoms with Crippen LogP contribution in [0.25, 0.3) is 0 Å². The van der Waals surface area contributed by atoms with E-state index < -0.39 is 0 Å². The van der Waals surface area contributed by atoms with Gasteiger partial charge in [-0.15, -0.1) is 0 Å². The highest BCUT2D eigenvalue weighted by atomic mass is 16.5. The fourth-order valence-electron chi connectivity index (χ4n) is 3.42. The van der Waals surface area contributed by atoms with Crippen molar-refractivity contribution in [3.8, 4) is 5.75 Å². The van der Waals surface area contributed by atoms with Gasteiger partial charge in [0.15, 0.2) is 5.75 Å². The Bertz CT molecular complexity index is 425. The summed E-state index contributed by atoms with van der Waals surface area (Å²) in [6.45, 7) is 1.16. The molecule has 1 aromatic rings. The Kier molecular flexibility index (Phi) is 3.78. The van der Waals surface area contributed by atoms with Crippen LogP contribution in [0, 0.1) is 5.92 Å². The summed E-state index contributed by atoms with van der Waals surface area (Å²) in [7, 11) is 3.79. The van der Waals surface area contributed by atoms with Crippen molar-refractivity contribution in [1.82, 2.24) is 15.1 Å². The quantitative estimate of drug-likeness (QED) is 0.887. The maximum Gasteiger partial charge on any atom is 0.160 e. The van der Waals surface area contributed by atoms with Gasteiger partial charge in [-0.1, -0.05) is 12.8 Å². The molecule has 3 rings (SSSR count). The second-order valence-corrected chi connectivity index (χ2v) is 6.06. The van der Waals surface area contributed by atoms with Crippen molar-refractivity contribution in [2.45, 2.75) is 50.5 Å². The Balaban J connectivity index is 1.75. The lowest BCUT2D eigenvalue weighted by Gasteiger charge is -2.32. The van der Waals surface area contributed by atoms with Gasteiger partial charge in [0.25, 0.3) is 0 Å². The topological polar surface area (TPSA) is 39.1 Å². The maximum absolute atomic E-state index is 5.50. The number of aromatic nitrogens is 2. The molecule has 0 aliphatic heterocycles. The van der Waals surface area contributed by atoms with Gasteiger partial charge in [-0.3, -0.25) is 4.68 Å². The van der Waals surface area contributed by atoms with Gasteiger partial charge in [0.2, 0.25) is 0 Å². The van der Waals surface area contributed by atoms with Crippen LogP contribution in [-0.4, -0.2) is 29.5 Å². The van der Waals surface area contributed by atoms with E-state index in [1.807, 2.05) is 17.9 Å². The predicted octanol–water partition coefficient (Wildman–Crippen LogP) is 2.45. The van der Waals surface area contributed by atoms with Crippen LogP contribution >= 0.6 is 0 Å². The average molecular weight is 263 g/mol. The number of hydrogen-bond donors (Lipinski definition) is 1. The lowest BCUT2D eigenvalue weighted by atomic mass is 9.77. The van der Waals surface area contributed by atoms with Crippen LogP contribution in [0.3, 0.4) is 0 Å². The zero-order chi connectivity index (χ0) is 13.2. The van der Waals surface area contributed by atoms with E-state index >= 15 is 0 Å². The summed E-state index contributed by atoms with van der Waals surface area (Å²) in [6, 6.07) is 0.802. The molecule has 0 bridgehead atoms. The zero-order valence-corrected chi connectivity index (χ0v) is 12.1. The molecule has 4 heteroatoms. The number of nitrogens with one attached hydrogen (secondary N) is 1. The highest BCUT2D eigenvalue weighted by Crippen LogP contribution is 2.41. The SMILES string of the molecule is COc1cnn(C)c1C1CCCCC1CNC1CC1. The van der Waals surface area contributed by atoms with Crippen molar-refractivity contribution in [3.05, 3.63) is 11.9 Å². The summed E-state index contributed by atoms with van der Waals surface area (Å²) in [5.41, 5.74) is 1.30. The van der Waals surface area contributed by atoms with E-state index in [4.69, 9.17) is 4.74 Å². The molecule has 1 aromatic heterocycles. The van der Waals surface area contributed by atoms with Gasteiger partial charge in [-0.25, -0.2) is 0 Å². The highest BCUT2D eigenvalue weighted by molar-refractivity contribution is 5.29. The van der Waals surface area contributed by atoms with Crippen molar-refractivity contribution >= 4 is 0 Å². The molecule has 2 aliphatic rings. The smallest absolute Gasteiger partial charge is 0.160 e. The van der Waals surface area contributed by atoms with E-state index in [0.29, 0.717) is 5.92 Å². The molecule has 1 N–H and O–H groups in total. The van der Waals surface area contributed by atoms with E-state index in [9.17, 15) is 0 Å². The minimum atomic E-state index is 0.599. The molecule has 2 aliphatic carbocycles. The number of ether oxygens (including phenoxy) is 1. The van der Waals surface area contributed by atoms with Crippen molar-refractivity contribution < 1.29 is 4.74 Å². The Morgan fingerprint density at radius 1 is 1.32 bits per heavy atom. The van der Waals surface area contributed by atoms with Crippen LogP contribution in [0.5, 0.6) is 5.75 Å². The van der Waals surface area contributed by atoms with E-state index in [1.54, 1.807) is 7.11 Å². The van der Waals surface area contributed by atoms with Crippen molar-refractivity contribution in [2.75, 3.05) is 13.7 Å². The lowest BCUT2D eigenvalue weighted by Crippen LogP contribution is -2.31. The predicted molar refractivity (Wildman–Crippen MR) is 75.5 cm³/mol. The first-order valence-corrected chi connectivity index (χ1v) is 7.59. The van der Waals surface area contributed by atoms with Crippen LogP contribution in [0.2, 0.25) is 0 Å². The fourth-order valence-corrected chi connectivity index (χ4v) is 3.42. The molecule has 2 unspecified atom stereocenters. The van der Waals surface area contributed by atoms with Gasteiger partial charge in [0.05, 0.1) is 19.0 Å². The van der Waals surface area contributed by atoms with Gasteiger partial charge < -0.3 is 10.1 Å². The molecule has 1 heterocycles. The van der Waals surface area contributed by atoms with E-state index in [2.05, 4.69) is 10.4 Å². The van der Waals surface area contributed by atoms with E-state index in [1.165, 1.54) is 44.2 Å². The molecular formula is C15H25N3O. The third-order valence-electron chi connectivity index (χ3n) is 4.68. The Morgan fingerprint density at radius 3 is 2.84 bits per heavy atom. The summed E-state index contributed by atoms with van der Waals surface area (Å²) in [4.78, 5) is 0. The first-order chi connectivity index (χ1) is 9.29. The number of nitrogens with zero attached hydrogens (tertiary/aromatic N) is 2. The number of rotatable bonds is 5. The standard InChI is InChI=1S/C15H25N3O/c1-18-15(14(19-2)10-17-18)13-6-4-3-5-11(13)9-16-12-7-8-12/h10-13,16H,3-9H2,1-2H3. The second kappa shape index (κ2) is 5.53. The number of hydrogen-bond acceptors (Lipinski definition) is 3. The van der Waals surface area contributed by atoms with Crippen LogP contribution < -0.4 is 10.1 Å². The van der Waals surface area contributed by atoms with Crippen molar-refractivity contribution in [3.63, 3.8) is 0 Å². The summed E-state index contributed by atoms with van der Waals surface area (Å²) in [6.07, 6.45) is 9.90. The monoisotopic (exact) mass is 263 g/mol. The summed E-state index contributed by atoms with van der Waals surface area (Å²) in [5.74, 6) is 2.30. The highest BCUT2D eigenvalue weighted by Gasteiger charge is 2.32. The normalized spacial score (nSPS) is 27.5. The van der Waals surface area contributed by atoms with Gasteiger partial charge >= 0.3 is 0 Å². The Morgan fingerprint density at radius 2 is 2.11 bits per heavy atom. The summed E-state index contributed by atoms with van der Waals surface area (Å²) in [5, 5.41) is 8.08. The average Bonchev–Trinajstić information content (AvgIpc) is 3.19. The Hall–Kier alpha value is -1.03. The molecule has 4 nitrogen and oxygen atoms in total. The van der Waals surface area contributed by atoms with Gasteiger partial charge in [0, 0.05) is 19.0 Å². The molecule has 19 heavy (non-hydrogen) atoms. The molecule has 0 amide bonds. The zero-order valence-electron chi connectivity index (χ0n) is 12.1. The second-order valence-electron chi connectivity index (χ2n) is 6.06. The van der Waals surface area contributed by atoms with E-state index in [0.717, 1.165) is 24.3 Å². The van der Waals surface area contributed by atoms with Crippen molar-refractivity contribution in [2.24, 2.45) is 13.0 Å². The molecular weight excluding hydrogens is 238 g/mol. The number of methoxy groups -OCH3 is 1. The molecule has 0 radical (unpaired) electrons. The first-order valence-electron chi connectivity index (χ1n) is 7.59. The number of aryl methyl sites for hydroxylation is 1. The van der Waals surface area contributed by atoms with Crippen LogP contribution in [0.4, 0.5) is 0 Å². The molecule has 0 saturated heterocycles. The van der Waals surface area contributed by atoms with Crippen LogP contribution in [0.15, 0.2) is 6.20 Å². The Labute approximate surface area is 115 Å². The lowest BCUT2D eigenvalue weighted by molar-refractivity contribution is 0.277. The largest absolute Gasteiger partial charge is 0.493 e. The van der Waals surface area contributed by atoms with Crippen molar-refractivity contribution in [1.29, 1.82) is 0 Å². The third-order valence-corrected chi connectivity index (χ3v) is 4.68. The van der Waals surface area contributed by atoms with Gasteiger partial charge in [0.1, 0.15) is 0 Å². The fraction of sp³-hybridized carbons (Fsp3) is 0.800. The summed E-state index contributed by atoms with van der Waals surface area (Å²) >= 11 is 0.